The number of hydrogen-bond acceptors (Lipinski definition) is 4. The maximum absolute atomic E-state index is 11.5. The summed E-state index contributed by atoms with van der Waals surface area (Å²) in [6.45, 7) is 5.17. The van der Waals surface area contributed by atoms with E-state index in [1.54, 1.807) is 0 Å². The highest BCUT2D eigenvalue weighted by molar-refractivity contribution is 7.92. The number of aliphatic hydroxyl groups is 1. The van der Waals surface area contributed by atoms with Gasteiger partial charge in [0.05, 0.1) is 11.0 Å². The molecule has 4 nitrogen and oxygen atoms in total. The van der Waals surface area contributed by atoms with Crippen LogP contribution >= 0.6 is 0 Å². The molecule has 5 heteroatoms. The van der Waals surface area contributed by atoms with Crippen molar-refractivity contribution in [1.29, 1.82) is 0 Å². The van der Waals surface area contributed by atoms with Crippen LogP contribution in [-0.4, -0.2) is 44.2 Å². The van der Waals surface area contributed by atoms with Gasteiger partial charge in [0.2, 0.25) is 0 Å². The second-order valence-electron chi connectivity index (χ2n) is 5.08. The van der Waals surface area contributed by atoms with Crippen LogP contribution in [0.15, 0.2) is 0 Å². The lowest BCUT2D eigenvalue weighted by Gasteiger charge is -2.23. The van der Waals surface area contributed by atoms with E-state index in [0.717, 1.165) is 12.8 Å². The fraction of sp³-hybridized carbons (Fsp3) is 1.00. The normalized spacial score (nSPS) is 25.7. The van der Waals surface area contributed by atoms with Gasteiger partial charge in [-0.1, -0.05) is 13.8 Å². The van der Waals surface area contributed by atoms with Gasteiger partial charge in [0.15, 0.2) is 9.84 Å². The lowest BCUT2D eigenvalue weighted by Crippen LogP contribution is -2.38. The first kappa shape index (κ1) is 12.9. The molecule has 0 spiro atoms. The van der Waals surface area contributed by atoms with Crippen molar-refractivity contribution in [3.05, 3.63) is 0 Å². The van der Waals surface area contributed by atoms with Crippen LogP contribution in [-0.2, 0) is 9.84 Å². The molecule has 1 fully saturated rings. The van der Waals surface area contributed by atoms with E-state index in [1.165, 1.54) is 0 Å². The molecular weight excluding hydrogens is 214 g/mol. The average Bonchev–Trinajstić information content (AvgIpc) is 2.46. The van der Waals surface area contributed by atoms with Gasteiger partial charge in [-0.3, -0.25) is 0 Å². The van der Waals surface area contributed by atoms with E-state index in [2.05, 4.69) is 5.32 Å². The summed E-state index contributed by atoms with van der Waals surface area (Å²) in [5.74, 6) is 0.336. The Hall–Kier alpha value is -0.130. The molecule has 2 N–H and O–H groups in total. The van der Waals surface area contributed by atoms with Crippen LogP contribution in [0, 0.1) is 5.41 Å². The van der Waals surface area contributed by atoms with Gasteiger partial charge in [0.25, 0.3) is 0 Å². The third-order valence-corrected chi connectivity index (χ3v) is 5.14. The van der Waals surface area contributed by atoms with E-state index in [4.69, 9.17) is 5.11 Å². The number of aliphatic hydroxyl groups excluding tert-OH is 1. The molecule has 1 saturated heterocycles. The van der Waals surface area contributed by atoms with Crippen molar-refractivity contribution in [1.82, 2.24) is 5.32 Å². The predicted molar refractivity (Wildman–Crippen MR) is 60.5 cm³/mol. The molecule has 0 aromatic carbocycles. The van der Waals surface area contributed by atoms with E-state index in [9.17, 15) is 8.42 Å². The van der Waals surface area contributed by atoms with E-state index >= 15 is 0 Å². The number of rotatable bonds is 5. The summed E-state index contributed by atoms with van der Waals surface area (Å²) in [4.78, 5) is 0. The predicted octanol–water partition coefficient (Wildman–Crippen LogP) is 0.172. The molecule has 0 saturated carbocycles. The molecule has 90 valence electrons. The minimum Gasteiger partial charge on any atom is -0.396 e. The first-order valence-corrected chi connectivity index (χ1v) is 7.12. The van der Waals surface area contributed by atoms with E-state index in [1.807, 2.05) is 13.8 Å². The fourth-order valence-electron chi connectivity index (χ4n) is 1.71. The zero-order valence-electron chi connectivity index (χ0n) is 9.49. The third kappa shape index (κ3) is 3.74. The highest BCUT2D eigenvalue weighted by Gasteiger charge is 2.31. The van der Waals surface area contributed by atoms with E-state index in [-0.39, 0.29) is 17.3 Å². The van der Waals surface area contributed by atoms with Crippen LogP contribution < -0.4 is 5.32 Å². The Balaban J connectivity index is 2.33. The van der Waals surface area contributed by atoms with E-state index in [0.29, 0.717) is 18.8 Å². The van der Waals surface area contributed by atoms with Crippen molar-refractivity contribution in [2.75, 3.05) is 25.4 Å². The Morgan fingerprint density at radius 2 is 2.13 bits per heavy atom. The molecule has 1 atom stereocenters. The first-order valence-electron chi connectivity index (χ1n) is 5.40. The summed E-state index contributed by atoms with van der Waals surface area (Å²) in [6, 6.07) is 0. The second kappa shape index (κ2) is 4.80. The molecule has 1 aliphatic rings. The summed E-state index contributed by atoms with van der Waals surface area (Å²) in [6.07, 6.45) is 1.56. The monoisotopic (exact) mass is 235 g/mol. The van der Waals surface area contributed by atoms with Gasteiger partial charge in [-0.25, -0.2) is 8.42 Å². The van der Waals surface area contributed by atoms with Crippen molar-refractivity contribution < 1.29 is 13.5 Å². The zero-order chi connectivity index (χ0) is 11.5. The molecule has 1 rings (SSSR count). The highest BCUT2D eigenvalue weighted by Crippen LogP contribution is 2.19. The maximum Gasteiger partial charge on any atom is 0.154 e. The quantitative estimate of drug-likeness (QED) is 0.713. The summed E-state index contributed by atoms with van der Waals surface area (Å²) in [7, 11) is -2.84. The van der Waals surface area contributed by atoms with Crippen LogP contribution in [0.3, 0.4) is 0 Å². The molecule has 1 unspecified atom stereocenters. The smallest absolute Gasteiger partial charge is 0.154 e. The molecule has 0 aromatic heterocycles. The summed E-state index contributed by atoms with van der Waals surface area (Å²) in [5, 5.41) is 11.9. The largest absolute Gasteiger partial charge is 0.396 e. The SMILES string of the molecule is CC(C)(CO)CNCC1CCCS1(=O)=O. The van der Waals surface area contributed by atoms with Crippen LogP contribution in [0.1, 0.15) is 26.7 Å². The third-order valence-electron chi connectivity index (χ3n) is 2.87. The second-order valence-corrected chi connectivity index (χ2v) is 7.49. The fourth-order valence-corrected chi connectivity index (χ4v) is 3.51. The van der Waals surface area contributed by atoms with Gasteiger partial charge in [0.1, 0.15) is 0 Å². The Morgan fingerprint density at radius 3 is 2.60 bits per heavy atom. The molecule has 0 aliphatic carbocycles. The van der Waals surface area contributed by atoms with Crippen molar-refractivity contribution in [2.24, 2.45) is 5.41 Å². The molecule has 0 amide bonds. The summed E-state index contributed by atoms with van der Waals surface area (Å²) in [5.41, 5.74) is -0.178. The van der Waals surface area contributed by atoms with Gasteiger partial charge < -0.3 is 10.4 Å². The summed E-state index contributed by atoms with van der Waals surface area (Å²) < 4.78 is 23.0. The van der Waals surface area contributed by atoms with Gasteiger partial charge in [-0.2, -0.15) is 0 Å². The van der Waals surface area contributed by atoms with Crippen LogP contribution in [0.5, 0.6) is 0 Å². The van der Waals surface area contributed by atoms with Crippen molar-refractivity contribution >= 4 is 9.84 Å². The number of hydrogen-bond donors (Lipinski definition) is 2. The number of nitrogens with one attached hydrogen (secondary N) is 1. The van der Waals surface area contributed by atoms with Crippen LogP contribution in [0.4, 0.5) is 0 Å². The van der Waals surface area contributed by atoms with Crippen molar-refractivity contribution in [3.8, 4) is 0 Å². The topological polar surface area (TPSA) is 66.4 Å². The van der Waals surface area contributed by atoms with Gasteiger partial charge in [-0.15, -0.1) is 0 Å². The first-order chi connectivity index (χ1) is 6.87. The minimum atomic E-state index is -2.84. The molecule has 0 aromatic rings. The van der Waals surface area contributed by atoms with Crippen LogP contribution in [0.25, 0.3) is 0 Å². The Labute approximate surface area is 92.0 Å². The Kier molecular flexibility index (Phi) is 4.14. The average molecular weight is 235 g/mol. The Bertz CT molecular complexity index is 298. The summed E-state index contributed by atoms with van der Waals surface area (Å²) >= 11 is 0. The molecule has 0 bridgehead atoms. The lowest BCUT2D eigenvalue weighted by atomic mass is 9.95. The van der Waals surface area contributed by atoms with Crippen molar-refractivity contribution in [3.63, 3.8) is 0 Å². The standard InChI is InChI=1S/C10H21NO3S/c1-10(2,8-12)7-11-6-9-4-3-5-15(9,13)14/h9,11-12H,3-8H2,1-2H3. The molecule has 1 aliphatic heterocycles. The molecule has 0 radical (unpaired) electrons. The number of sulfone groups is 1. The van der Waals surface area contributed by atoms with E-state index < -0.39 is 9.84 Å². The zero-order valence-corrected chi connectivity index (χ0v) is 10.3. The van der Waals surface area contributed by atoms with Crippen molar-refractivity contribution in [2.45, 2.75) is 31.9 Å². The maximum atomic E-state index is 11.5. The van der Waals surface area contributed by atoms with Gasteiger partial charge >= 0.3 is 0 Å². The Morgan fingerprint density at radius 1 is 1.47 bits per heavy atom. The highest BCUT2D eigenvalue weighted by atomic mass is 32.2. The van der Waals surface area contributed by atoms with Gasteiger partial charge in [-0.05, 0) is 12.8 Å². The molecular formula is C10H21NO3S. The van der Waals surface area contributed by atoms with Crippen LogP contribution in [0.2, 0.25) is 0 Å². The lowest BCUT2D eigenvalue weighted by molar-refractivity contribution is 0.157. The molecule has 15 heavy (non-hydrogen) atoms. The van der Waals surface area contributed by atoms with Gasteiger partial charge in [0, 0.05) is 25.1 Å². The molecule has 1 heterocycles. The minimum absolute atomic E-state index is 0.109.